The molecule has 0 unspecified atom stereocenters. The first-order valence-corrected chi connectivity index (χ1v) is 6.62. The van der Waals surface area contributed by atoms with Crippen molar-refractivity contribution in [3.8, 4) is 0 Å². The van der Waals surface area contributed by atoms with Crippen molar-refractivity contribution in [2.45, 2.75) is 45.4 Å². The van der Waals surface area contributed by atoms with Crippen molar-refractivity contribution in [1.82, 2.24) is 0 Å². The summed E-state index contributed by atoms with van der Waals surface area (Å²) in [5.74, 6) is 0.0970. The Labute approximate surface area is 109 Å². The first kappa shape index (κ1) is 13.1. The molecule has 0 radical (unpaired) electrons. The van der Waals surface area contributed by atoms with Gasteiger partial charge in [0, 0.05) is 5.69 Å². The molecular formula is C15H22N2O. The van der Waals surface area contributed by atoms with E-state index in [-0.39, 0.29) is 5.91 Å². The number of hydrogen-bond acceptors (Lipinski definition) is 2. The lowest BCUT2D eigenvalue weighted by atomic mass is 9.84. The average Bonchev–Trinajstić information content (AvgIpc) is 2.53. The van der Waals surface area contributed by atoms with Gasteiger partial charge >= 0.3 is 0 Å². The number of carbonyl (C=O) groups is 1. The molecule has 1 aliphatic rings. The first-order chi connectivity index (χ1) is 8.46. The largest absolute Gasteiger partial charge is 0.330 e. The van der Waals surface area contributed by atoms with Gasteiger partial charge in [-0.1, -0.05) is 12.1 Å². The number of rotatable bonds is 4. The van der Waals surface area contributed by atoms with Gasteiger partial charge in [0.05, 0.1) is 5.41 Å². The predicted molar refractivity (Wildman–Crippen MR) is 74.8 cm³/mol. The van der Waals surface area contributed by atoms with Crippen molar-refractivity contribution in [2.24, 2.45) is 5.73 Å². The lowest BCUT2D eigenvalue weighted by Gasteiger charge is -2.16. The third kappa shape index (κ3) is 2.15. The first-order valence-electron chi connectivity index (χ1n) is 6.62. The summed E-state index contributed by atoms with van der Waals surface area (Å²) in [6.45, 7) is 6.77. The Morgan fingerprint density at radius 3 is 2.67 bits per heavy atom. The molecule has 1 aromatic carbocycles. The van der Waals surface area contributed by atoms with Gasteiger partial charge in [0.2, 0.25) is 5.91 Å². The summed E-state index contributed by atoms with van der Waals surface area (Å²) in [4.78, 5) is 11.9. The summed E-state index contributed by atoms with van der Waals surface area (Å²) in [6.07, 6.45) is 3.20. The summed E-state index contributed by atoms with van der Waals surface area (Å²) in [6, 6.07) is 4.35. The SMILES string of the molecule is Cc1cc(CCCCN)cc2c1NC(=O)C2(C)C. The molecule has 0 atom stereocenters. The Hall–Kier alpha value is -1.35. The van der Waals surface area contributed by atoms with Gasteiger partial charge < -0.3 is 11.1 Å². The minimum absolute atomic E-state index is 0.0970. The van der Waals surface area contributed by atoms with Crippen molar-refractivity contribution in [3.63, 3.8) is 0 Å². The molecule has 2 rings (SSSR count). The number of anilines is 1. The maximum absolute atomic E-state index is 11.9. The standard InChI is InChI=1S/C15H22N2O/c1-10-8-11(6-4-5-7-16)9-12-13(10)17-14(18)15(12,2)3/h8-9H,4-7,16H2,1-3H3,(H,17,18). The zero-order chi connectivity index (χ0) is 13.3. The van der Waals surface area contributed by atoms with Gasteiger partial charge in [0.25, 0.3) is 0 Å². The van der Waals surface area contributed by atoms with Crippen LogP contribution in [0, 0.1) is 6.92 Å². The van der Waals surface area contributed by atoms with Crippen LogP contribution in [0.3, 0.4) is 0 Å². The second-order valence-electron chi connectivity index (χ2n) is 5.66. The molecule has 1 aromatic rings. The van der Waals surface area contributed by atoms with Gasteiger partial charge in [-0.25, -0.2) is 0 Å². The van der Waals surface area contributed by atoms with E-state index < -0.39 is 5.41 Å². The predicted octanol–water partition coefficient (Wildman–Crippen LogP) is 2.51. The molecule has 18 heavy (non-hydrogen) atoms. The maximum atomic E-state index is 11.9. The average molecular weight is 246 g/mol. The van der Waals surface area contributed by atoms with Gasteiger partial charge in [0.1, 0.15) is 0 Å². The maximum Gasteiger partial charge on any atom is 0.234 e. The van der Waals surface area contributed by atoms with E-state index in [0.29, 0.717) is 0 Å². The fourth-order valence-electron chi connectivity index (χ4n) is 2.53. The molecular weight excluding hydrogens is 224 g/mol. The molecule has 0 fully saturated rings. The van der Waals surface area contributed by atoms with Crippen molar-refractivity contribution in [2.75, 3.05) is 11.9 Å². The van der Waals surface area contributed by atoms with Crippen LogP contribution in [0.25, 0.3) is 0 Å². The van der Waals surface area contributed by atoms with E-state index in [0.717, 1.165) is 42.6 Å². The highest BCUT2D eigenvalue weighted by Gasteiger charge is 2.39. The van der Waals surface area contributed by atoms with Crippen LogP contribution in [0.2, 0.25) is 0 Å². The molecule has 3 N–H and O–H groups in total. The number of nitrogens with one attached hydrogen (secondary N) is 1. The second-order valence-corrected chi connectivity index (χ2v) is 5.66. The number of fused-ring (bicyclic) bond motifs is 1. The topological polar surface area (TPSA) is 55.1 Å². The Balaban J connectivity index is 2.31. The third-order valence-corrected chi connectivity index (χ3v) is 3.79. The molecule has 0 spiro atoms. The molecule has 3 nitrogen and oxygen atoms in total. The molecule has 3 heteroatoms. The quantitative estimate of drug-likeness (QED) is 0.802. The van der Waals surface area contributed by atoms with Crippen LogP contribution in [0.1, 0.15) is 43.4 Å². The molecule has 0 aliphatic carbocycles. The van der Waals surface area contributed by atoms with Crippen molar-refractivity contribution in [1.29, 1.82) is 0 Å². The summed E-state index contributed by atoms with van der Waals surface area (Å²) >= 11 is 0. The van der Waals surface area contributed by atoms with Gasteiger partial charge in [0.15, 0.2) is 0 Å². The monoisotopic (exact) mass is 246 g/mol. The summed E-state index contributed by atoms with van der Waals surface area (Å²) in [5.41, 5.74) is 9.72. The highest BCUT2D eigenvalue weighted by Crippen LogP contribution is 2.40. The summed E-state index contributed by atoms with van der Waals surface area (Å²) < 4.78 is 0. The second kappa shape index (κ2) is 4.73. The van der Waals surface area contributed by atoms with Crippen LogP contribution >= 0.6 is 0 Å². The number of benzene rings is 1. The third-order valence-electron chi connectivity index (χ3n) is 3.79. The number of aryl methyl sites for hydroxylation is 2. The fourth-order valence-corrected chi connectivity index (χ4v) is 2.53. The van der Waals surface area contributed by atoms with Crippen LogP contribution in [-0.2, 0) is 16.6 Å². The minimum atomic E-state index is -0.413. The highest BCUT2D eigenvalue weighted by atomic mass is 16.2. The number of hydrogen-bond donors (Lipinski definition) is 2. The fraction of sp³-hybridized carbons (Fsp3) is 0.533. The Morgan fingerprint density at radius 1 is 1.28 bits per heavy atom. The van der Waals surface area contributed by atoms with Crippen molar-refractivity contribution >= 4 is 11.6 Å². The molecule has 1 aliphatic heterocycles. The zero-order valence-electron chi connectivity index (χ0n) is 11.5. The highest BCUT2D eigenvalue weighted by molar-refractivity contribution is 6.06. The Bertz CT molecular complexity index is 478. The van der Waals surface area contributed by atoms with E-state index >= 15 is 0 Å². The number of amides is 1. The zero-order valence-corrected chi connectivity index (χ0v) is 11.5. The van der Waals surface area contributed by atoms with E-state index in [9.17, 15) is 4.79 Å². The Morgan fingerprint density at radius 2 is 2.00 bits per heavy atom. The van der Waals surface area contributed by atoms with Gasteiger partial charge in [-0.3, -0.25) is 4.79 Å². The van der Waals surface area contributed by atoms with Crippen LogP contribution in [0.4, 0.5) is 5.69 Å². The van der Waals surface area contributed by atoms with Crippen molar-refractivity contribution in [3.05, 3.63) is 28.8 Å². The smallest absolute Gasteiger partial charge is 0.234 e. The molecule has 1 amide bonds. The molecule has 0 saturated heterocycles. The Kier molecular flexibility index (Phi) is 3.44. The number of nitrogens with two attached hydrogens (primary N) is 1. The summed E-state index contributed by atoms with van der Waals surface area (Å²) in [5, 5.41) is 2.99. The van der Waals surface area contributed by atoms with E-state index in [1.54, 1.807) is 0 Å². The molecule has 98 valence electrons. The van der Waals surface area contributed by atoms with E-state index in [4.69, 9.17) is 5.73 Å². The van der Waals surface area contributed by atoms with Gasteiger partial charge in [-0.2, -0.15) is 0 Å². The number of carbonyl (C=O) groups excluding carboxylic acids is 1. The lowest BCUT2D eigenvalue weighted by Crippen LogP contribution is -2.26. The van der Waals surface area contributed by atoms with Gasteiger partial charge in [-0.05, 0) is 63.3 Å². The van der Waals surface area contributed by atoms with Crippen LogP contribution < -0.4 is 11.1 Å². The minimum Gasteiger partial charge on any atom is -0.330 e. The van der Waals surface area contributed by atoms with Crippen molar-refractivity contribution < 1.29 is 4.79 Å². The molecule has 0 bridgehead atoms. The molecule has 0 aromatic heterocycles. The normalized spacial score (nSPS) is 16.6. The van der Waals surface area contributed by atoms with Crippen LogP contribution in [0.5, 0.6) is 0 Å². The van der Waals surface area contributed by atoms with E-state index in [2.05, 4.69) is 24.4 Å². The summed E-state index contributed by atoms with van der Waals surface area (Å²) in [7, 11) is 0. The van der Waals surface area contributed by atoms with E-state index in [1.807, 2.05) is 13.8 Å². The van der Waals surface area contributed by atoms with Crippen LogP contribution in [-0.4, -0.2) is 12.5 Å². The van der Waals surface area contributed by atoms with E-state index in [1.165, 1.54) is 5.56 Å². The van der Waals surface area contributed by atoms with Crippen LogP contribution in [0.15, 0.2) is 12.1 Å². The molecule has 1 heterocycles. The van der Waals surface area contributed by atoms with Gasteiger partial charge in [-0.15, -0.1) is 0 Å². The lowest BCUT2D eigenvalue weighted by molar-refractivity contribution is -0.119. The molecule has 0 saturated carbocycles. The number of unbranched alkanes of at least 4 members (excludes halogenated alkanes) is 1.